The van der Waals surface area contributed by atoms with Crippen molar-refractivity contribution in [3.05, 3.63) is 12.2 Å². The van der Waals surface area contributed by atoms with Gasteiger partial charge >= 0.3 is 0 Å². The van der Waals surface area contributed by atoms with Gasteiger partial charge in [-0.25, -0.2) is 0 Å². The zero-order valence-corrected chi connectivity index (χ0v) is 9.52. The van der Waals surface area contributed by atoms with Gasteiger partial charge in [-0.1, -0.05) is 25.0 Å². The minimum atomic E-state index is 0.425. The third-order valence-electron chi connectivity index (χ3n) is 5.07. The minimum absolute atomic E-state index is 0.425. The Kier molecular flexibility index (Phi) is 1.99. The van der Waals surface area contributed by atoms with E-state index >= 15 is 0 Å². The van der Waals surface area contributed by atoms with Crippen molar-refractivity contribution >= 4 is 11.6 Å². The molecule has 3 fully saturated rings. The molecule has 0 nitrogen and oxygen atoms in total. The first-order valence-corrected chi connectivity index (χ1v) is 6.49. The van der Waals surface area contributed by atoms with Crippen molar-refractivity contribution in [2.45, 2.75) is 50.3 Å². The largest absolute Gasteiger partial charge is 0.122 e. The van der Waals surface area contributed by atoms with Crippen LogP contribution in [0.3, 0.4) is 0 Å². The molecule has 0 aromatic carbocycles. The van der Waals surface area contributed by atoms with E-state index in [9.17, 15) is 0 Å². The molecule has 0 saturated heterocycles. The molecule has 3 aliphatic carbocycles. The molecule has 4 atom stereocenters. The molecule has 3 rings (SSSR count). The van der Waals surface area contributed by atoms with Gasteiger partial charge in [0, 0.05) is 5.38 Å². The van der Waals surface area contributed by atoms with Gasteiger partial charge in [0.05, 0.1) is 0 Å². The third-order valence-corrected chi connectivity index (χ3v) is 5.81. The van der Waals surface area contributed by atoms with Crippen LogP contribution in [-0.4, -0.2) is 5.38 Å². The highest BCUT2D eigenvalue weighted by atomic mass is 35.5. The van der Waals surface area contributed by atoms with Crippen molar-refractivity contribution in [1.29, 1.82) is 0 Å². The van der Waals surface area contributed by atoms with Crippen LogP contribution in [0, 0.1) is 17.3 Å². The van der Waals surface area contributed by atoms with Crippen molar-refractivity contribution < 1.29 is 0 Å². The predicted molar refractivity (Wildman–Crippen MR) is 60.5 cm³/mol. The second kappa shape index (κ2) is 3.01. The van der Waals surface area contributed by atoms with Gasteiger partial charge in [0.1, 0.15) is 0 Å². The molecule has 0 aromatic heterocycles. The van der Waals surface area contributed by atoms with Gasteiger partial charge in [0.2, 0.25) is 0 Å². The first-order valence-electron chi connectivity index (χ1n) is 6.06. The number of rotatable bonds is 0. The van der Waals surface area contributed by atoms with E-state index in [1.807, 2.05) is 0 Å². The molecular weight excluding hydrogens is 192 g/mol. The van der Waals surface area contributed by atoms with E-state index < -0.39 is 0 Å². The number of halogens is 1. The highest BCUT2D eigenvalue weighted by Crippen LogP contribution is 2.63. The molecule has 0 N–H and O–H groups in total. The van der Waals surface area contributed by atoms with E-state index in [4.69, 9.17) is 11.6 Å². The van der Waals surface area contributed by atoms with Crippen LogP contribution >= 0.6 is 11.6 Å². The van der Waals surface area contributed by atoms with E-state index in [1.54, 1.807) is 0 Å². The quantitative estimate of drug-likeness (QED) is 0.417. The number of allylic oxidation sites excluding steroid dienone is 1. The lowest BCUT2D eigenvalue weighted by atomic mass is 9.60. The van der Waals surface area contributed by atoms with Gasteiger partial charge in [-0.05, 0) is 49.4 Å². The molecule has 2 bridgehead atoms. The molecule has 3 aliphatic rings. The first kappa shape index (κ1) is 9.27. The molecule has 0 heterocycles. The summed E-state index contributed by atoms with van der Waals surface area (Å²) >= 11 is 6.68. The van der Waals surface area contributed by atoms with Gasteiger partial charge in [-0.15, -0.1) is 11.6 Å². The standard InChI is InChI=1S/C13H19Cl/c1-9-8-13-7-3-2-4-10(13)5-6-11(9)12(13)14/h10-12H,1-8H2/t10-,11-,12+,13-/m0/s1. The molecule has 0 aromatic rings. The number of hydrogen-bond acceptors (Lipinski definition) is 0. The van der Waals surface area contributed by atoms with Crippen molar-refractivity contribution in [2.75, 3.05) is 0 Å². The Morgan fingerprint density at radius 1 is 1.21 bits per heavy atom. The number of alkyl halides is 1. The van der Waals surface area contributed by atoms with E-state index in [0.717, 1.165) is 5.92 Å². The van der Waals surface area contributed by atoms with Crippen molar-refractivity contribution in [2.24, 2.45) is 17.3 Å². The van der Waals surface area contributed by atoms with E-state index in [0.29, 0.717) is 16.7 Å². The molecule has 0 radical (unpaired) electrons. The van der Waals surface area contributed by atoms with Gasteiger partial charge in [-0.2, -0.15) is 0 Å². The summed E-state index contributed by atoms with van der Waals surface area (Å²) in [5.74, 6) is 1.58. The van der Waals surface area contributed by atoms with Crippen LogP contribution in [0.2, 0.25) is 0 Å². The van der Waals surface area contributed by atoms with Crippen LogP contribution in [0.25, 0.3) is 0 Å². The molecule has 1 spiro atoms. The van der Waals surface area contributed by atoms with Crippen LogP contribution in [0.4, 0.5) is 0 Å². The predicted octanol–water partition coefficient (Wildman–Crippen LogP) is 4.14. The molecule has 1 heteroatoms. The summed E-state index contributed by atoms with van der Waals surface area (Å²) in [5, 5.41) is 0.425. The number of hydrogen-bond donors (Lipinski definition) is 0. The van der Waals surface area contributed by atoms with Crippen LogP contribution in [0.15, 0.2) is 12.2 Å². The Bertz CT molecular complexity index is 270. The maximum atomic E-state index is 6.68. The summed E-state index contributed by atoms with van der Waals surface area (Å²) in [7, 11) is 0. The van der Waals surface area contributed by atoms with Crippen LogP contribution in [0.5, 0.6) is 0 Å². The van der Waals surface area contributed by atoms with Gasteiger partial charge < -0.3 is 0 Å². The van der Waals surface area contributed by atoms with Gasteiger partial charge in [0.25, 0.3) is 0 Å². The molecule has 3 saturated carbocycles. The van der Waals surface area contributed by atoms with Crippen molar-refractivity contribution in [3.8, 4) is 0 Å². The van der Waals surface area contributed by atoms with Crippen molar-refractivity contribution in [1.82, 2.24) is 0 Å². The Morgan fingerprint density at radius 3 is 2.93 bits per heavy atom. The van der Waals surface area contributed by atoms with E-state index in [1.165, 1.54) is 50.5 Å². The lowest BCUT2D eigenvalue weighted by Crippen LogP contribution is -2.42. The summed E-state index contributed by atoms with van der Waals surface area (Å²) in [5.41, 5.74) is 1.95. The first-order chi connectivity index (χ1) is 6.74. The Balaban J connectivity index is 1.99. The Labute approximate surface area is 91.7 Å². The molecule has 14 heavy (non-hydrogen) atoms. The minimum Gasteiger partial charge on any atom is -0.122 e. The molecule has 0 amide bonds. The monoisotopic (exact) mass is 210 g/mol. The fourth-order valence-electron chi connectivity index (χ4n) is 4.35. The zero-order valence-electron chi connectivity index (χ0n) is 8.77. The smallest absolute Gasteiger partial charge is 0.0463 e. The zero-order chi connectivity index (χ0) is 9.76. The van der Waals surface area contributed by atoms with E-state index in [-0.39, 0.29) is 0 Å². The van der Waals surface area contributed by atoms with Crippen LogP contribution in [-0.2, 0) is 0 Å². The summed E-state index contributed by atoms with van der Waals surface area (Å²) < 4.78 is 0. The summed E-state index contributed by atoms with van der Waals surface area (Å²) in [6, 6.07) is 0. The average Bonchev–Trinajstić information content (AvgIpc) is 2.36. The highest BCUT2D eigenvalue weighted by Gasteiger charge is 2.56. The van der Waals surface area contributed by atoms with E-state index in [2.05, 4.69) is 6.58 Å². The summed E-state index contributed by atoms with van der Waals surface area (Å²) in [6.45, 7) is 4.25. The van der Waals surface area contributed by atoms with Crippen LogP contribution in [0.1, 0.15) is 44.9 Å². The highest BCUT2D eigenvalue weighted by molar-refractivity contribution is 6.22. The average molecular weight is 211 g/mol. The molecular formula is C13H19Cl. The topological polar surface area (TPSA) is 0 Å². The summed E-state index contributed by atoms with van der Waals surface area (Å²) in [6.07, 6.45) is 9.64. The van der Waals surface area contributed by atoms with Crippen molar-refractivity contribution in [3.63, 3.8) is 0 Å². The molecule has 78 valence electrons. The maximum Gasteiger partial charge on any atom is 0.0463 e. The second-order valence-corrected chi connectivity index (χ2v) is 6.07. The second-order valence-electron chi connectivity index (χ2n) is 5.60. The van der Waals surface area contributed by atoms with Gasteiger partial charge in [0.15, 0.2) is 0 Å². The third kappa shape index (κ3) is 1.01. The lowest BCUT2D eigenvalue weighted by Gasteiger charge is -2.47. The van der Waals surface area contributed by atoms with Gasteiger partial charge in [-0.3, -0.25) is 0 Å². The summed E-state index contributed by atoms with van der Waals surface area (Å²) in [4.78, 5) is 0. The lowest BCUT2D eigenvalue weighted by molar-refractivity contribution is 0.0667. The Morgan fingerprint density at radius 2 is 2.07 bits per heavy atom. The SMILES string of the molecule is C=C1C[C@@]23CCCC[C@H]2CC[C@@H]1[C@H]3Cl. The fourth-order valence-corrected chi connectivity index (χ4v) is 5.02. The molecule has 0 unspecified atom stereocenters. The normalized spacial score (nSPS) is 51.8. The number of fused-ring (bicyclic) bond motifs is 1. The Hall–Kier alpha value is 0.0300. The fraction of sp³-hybridized carbons (Fsp3) is 0.846. The van der Waals surface area contributed by atoms with Crippen LogP contribution < -0.4 is 0 Å². The maximum absolute atomic E-state index is 6.68. The molecule has 0 aliphatic heterocycles.